The monoisotopic (exact) mass is 638 g/mol. The highest BCUT2D eigenvalue weighted by Crippen LogP contribution is 2.37. The summed E-state index contributed by atoms with van der Waals surface area (Å²) < 4.78 is 47.0. The minimum atomic E-state index is -4.34. The van der Waals surface area contributed by atoms with Crippen LogP contribution in [0.25, 0.3) is 5.69 Å². The van der Waals surface area contributed by atoms with Crippen LogP contribution in [0.1, 0.15) is 28.1 Å². The molecule has 10 nitrogen and oxygen atoms in total. The average molecular weight is 639 g/mol. The molecule has 4 aromatic rings. The Morgan fingerprint density at radius 1 is 0.886 bits per heavy atom. The lowest BCUT2D eigenvalue weighted by molar-refractivity contribution is -0.119. The van der Waals surface area contributed by atoms with Gasteiger partial charge in [0.15, 0.2) is 11.5 Å². The Balaban J connectivity index is 1.64. The Labute approximate surface area is 262 Å². The minimum absolute atomic E-state index is 0.0749. The summed E-state index contributed by atoms with van der Waals surface area (Å²) in [6.07, 6.45) is 1.53. The van der Waals surface area contributed by atoms with Gasteiger partial charge in [0.1, 0.15) is 12.3 Å². The second-order valence-electron chi connectivity index (χ2n) is 10.1. The van der Waals surface area contributed by atoms with Gasteiger partial charge in [-0.05, 0) is 87.4 Å². The zero-order valence-electron chi connectivity index (χ0n) is 25.6. The van der Waals surface area contributed by atoms with Crippen LogP contribution in [0.2, 0.25) is 5.02 Å². The molecule has 1 aromatic heterocycles. The van der Waals surface area contributed by atoms with Gasteiger partial charge in [-0.15, -0.1) is 0 Å². The number of methoxy groups -OCH3 is 3. The summed E-state index contributed by atoms with van der Waals surface area (Å²) in [5, 5.41) is 4.40. The number of ether oxygens (including phenoxy) is 3. The molecule has 0 aliphatic heterocycles. The van der Waals surface area contributed by atoms with Crippen LogP contribution >= 0.6 is 11.6 Å². The third-order valence-electron chi connectivity index (χ3n) is 7.25. The zero-order valence-corrected chi connectivity index (χ0v) is 27.2. The largest absolute Gasteiger partial charge is 0.495 e. The first-order valence-corrected chi connectivity index (χ1v) is 15.4. The maximum atomic E-state index is 14.0. The summed E-state index contributed by atoms with van der Waals surface area (Å²) >= 11 is 6.24. The van der Waals surface area contributed by atoms with E-state index >= 15 is 0 Å². The number of benzene rings is 3. The van der Waals surface area contributed by atoms with Crippen LogP contribution in [0.5, 0.6) is 17.2 Å². The molecule has 0 fully saturated rings. The van der Waals surface area contributed by atoms with E-state index in [1.807, 2.05) is 19.9 Å². The van der Waals surface area contributed by atoms with E-state index in [1.165, 1.54) is 69.0 Å². The molecule has 0 unspecified atom stereocenters. The summed E-state index contributed by atoms with van der Waals surface area (Å²) in [7, 11) is -0.0959. The van der Waals surface area contributed by atoms with Gasteiger partial charge in [-0.1, -0.05) is 17.7 Å². The maximum absolute atomic E-state index is 14.0. The second-order valence-corrected chi connectivity index (χ2v) is 12.4. The van der Waals surface area contributed by atoms with Crippen molar-refractivity contribution < 1.29 is 27.4 Å². The Morgan fingerprint density at radius 3 is 2.23 bits per heavy atom. The number of carbonyl (C=O) groups is 1. The number of hydrazone groups is 1. The van der Waals surface area contributed by atoms with E-state index in [0.717, 1.165) is 26.9 Å². The Bertz CT molecular complexity index is 1830. The van der Waals surface area contributed by atoms with Crippen LogP contribution in [0.15, 0.2) is 70.7 Å². The van der Waals surface area contributed by atoms with Crippen molar-refractivity contribution >= 4 is 39.4 Å². The van der Waals surface area contributed by atoms with E-state index in [2.05, 4.69) is 47.1 Å². The van der Waals surface area contributed by atoms with Gasteiger partial charge in [0.25, 0.3) is 15.9 Å². The highest BCUT2D eigenvalue weighted by Gasteiger charge is 2.30. The lowest BCUT2D eigenvalue weighted by atomic mass is 10.1. The van der Waals surface area contributed by atoms with Gasteiger partial charge in [0, 0.05) is 33.7 Å². The number of hydrogen-bond donors (Lipinski definition) is 1. The Hall–Kier alpha value is -4.48. The Kier molecular flexibility index (Phi) is 9.91. The fraction of sp³-hybridized carbons (Fsp3) is 0.250. The van der Waals surface area contributed by atoms with Crippen molar-refractivity contribution in [2.45, 2.75) is 32.6 Å². The van der Waals surface area contributed by atoms with Gasteiger partial charge in [0.05, 0.1) is 38.1 Å². The molecule has 1 N–H and O–H groups in total. The lowest BCUT2D eigenvalue weighted by Gasteiger charge is -2.25. The highest BCUT2D eigenvalue weighted by atomic mass is 35.5. The van der Waals surface area contributed by atoms with Crippen molar-refractivity contribution in [3.8, 4) is 22.9 Å². The van der Waals surface area contributed by atoms with Gasteiger partial charge in [-0.2, -0.15) is 5.10 Å². The normalized spacial score (nSPS) is 11.5. The van der Waals surface area contributed by atoms with Crippen molar-refractivity contribution in [2.75, 3.05) is 32.2 Å². The number of nitrogens with one attached hydrogen (secondary N) is 1. The summed E-state index contributed by atoms with van der Waals surface area (Å²) in [6, 6.07) is 16.9. The Morgan fingerprint density at radius 2 is 1.57 bits per heavy atom. The first-order chi connectivity index (χ1) is 20.9. The smallest absolute Gasteiger partial charge is 0.265 e. The molecule has 0 atom stereocenters. The average Bonchev–Trinajstić information content (AvgIpc) is 3.28. The van der Waals surface area contributed by atoms with Crippen LogP contribution in [0.3, 0.4) is 0 Å². The number of nitrogens with zero attached hydrogens (tertiary/aromatic N) is 3. The van der Waals surface area contributed by atoms with Crippen LogP contribution < -0.4 is 23.9 Å². The summed E-state index contributed by atoms with van der Waals surface area (Å²) in [5.41, 5.74) is 8.68. The van der Waals surface area contributed by atoms with E-state index in [9.17, 15) is 13.2 Å². The van der Waals surface area contributed by atoms with E-state index < -0.39 is 22.5 Å². The molecule has 4 rings (SSSR count). The number of sulfonamides is 1. The van der Waals surface area contributed by atoms with E-state index in [0.29, 0.717) is 5.75 Å². The summed E-state index contributed by atoms with van der Waals surface area (Å²) in [6.45, 7) is 7.48. The van der Waals surface area contributed by atoms with E-state index in [4.69, 9.17) is 25.8 Å². The van der Waals surface area contributed by atoms with Gasteiger partial charge >= 0.3 is 0 Å². The first kappa shape index (κ1) is 32.4. The molecule has 0 saturated carbocycles. The van der Waals surface area contributed by atoms with Gasteiger partial charge < -0.3 is 18.8 Å². The SMILES string of the molecule is COc1ccc(S(=O)(=O)N(CC(=O)N/N=C/c2cc(C)n(-c3ccc(C)c(C)c3)c2C)c2cc(Cl)ccc2OC)cc1OC. The quantitative estimate of drug-likeness (QED) is 0.166. The van der Waals surface area contributed by atoms with Crippen LogP contribution in [0, 0.1) is 27.7 Å². The number of halogens is 1. The summed E-state index contributed by atoms with van der Waals surface area (Å²) in [5.74, 6) is 0.0742. The number of amides is 1. The topological polar surface area (TPSA) is 111 Å². The number of aryl methyl sites for hydroxylation is 3. The summed E-state index contributed by atoms with van der Waals surface area (Å²) in [4.78, 5) is 13.1. The molecule has 0 saturated heterocycles. The molecule has 0 aliphatic carbocycles. The van der Waals surface area contributed by atoms with Crippen molar-refractivity contribution in [3.05, 3.63) is 93.8 Å². The van der Waals surface area contributed by atoms with Crippen LogP contribution in [-0.2, 0) is 14.8 Å². The number of aromatic nitrogens is 1. The van der Waals surface area contributed by atoms with Gasteiger partial charge in [-0.3, -0.25) is 9.10 Å². The van der Waals surface area contributed by atoms with E-state index in [-0.39, 0.29) is 27.1 Å². The predicted molar refractivity (Wildman–Crippen MR) is 173 cm³/mol. The van der Waals surface area contributed by atoms with Crippen LogP contribution in [0.4, 0.5) is 5.69 Å². The molecule has 1 amide bonds. The number of rotatable bonds is 11. The zero-order chi connectivity index (χ0) is 32.2. The molecular weight excluding hydrogens is 604 g/mol. The molecule has 44 heavy (non-hydrogen) atoms. The van der Waals surface area contributed by atoms with Crippen LogP contribution in [-0.4, -0.2) is 53.0 Å². The number of hydrogen-bond acceptors (Lipinski definition) is 7. The van der Waals surface area contributed by atoms with Crippen molar-refractivity contribution in [1.29, 1.82) is 0 Å². The maximum Gasteiger partial charge on any atom is 0.265 e. The molecule has 12 heteroatoms. The van der Waals surface area contributed by atoms with E-state index in [1.54, 1.807) is 6.07 Å². The molecule has 232 valence electrons. The molecule has 0 aliphatic rings. The lowest BCUT2D eigenvalue weighted by Crippen LogP contribution is -2.39. The molecule has 1 heterocycles. The second kappa shape index (κ2) is 13.4. The van der Waals surface area contributed by atoms with Crippen molar-refractivity contribution in [1.82, 2.24) is 9.99 Å². The molecule has 0 bridgehead atoms. The number of anilines is 1. The fourth-order valence-corrected chi connectivity index (χ4v) is 6.39. The predicted octanol–water partition coefficient (Wildman–Crippen LogP) is 5.74. The van der Waals surface area contributed by atoms with Gasteiger partial charge in [0.2, 0.25) is 0 Å². The van der Waals surface area contributed by atoms with Gasteiger partial charge in [-0.25, -0.2) is 13.8 Å². The number of carbonyl (C=O) groups excluding carboxylic acids is 1. The first-order valence-electron chi connectivity index (χ1n) is 13.6. The van der Waals surface area contributed by atoms with Crippen molar-refractivity contribution in [3.63, 3.8) is 0 Å². The highest BCUT2D eigenvalue weighted by molar-refractivity contribution is 7.92. The van der Waals surface area contributed by atoms with Crippen molar-refractivity contribution in [2.24, 2.45) is 5.10 Å². The molecule has 0 spiro atoms. The fourth-order valence-electron chi connectivity index (χ4n) is 4.78. The minimum Gasteiger partial charge on any atom is -0.495 e. The third-order valence-corrected chi connectivity index (χ3v) is 9.24. The third kappa shape index (κ3) is 6.68. The molecular formula is C32H35ClN4O6S. The molecule has 3 aromatic carbocycles. The molecule has 0 radical (unpaired) electrons. The standard InChI is InChI=1S/C32H35ClN4O6S/c1-20-8-10-26(14-21(20)2)37-22(3)15-24(23(37)4)18-34-35-32(38)19-36(28-16-25(33)9-12-29(28)41-5)44(39,40)27-11-13-30(42-6)31(17-27)43-7/h8-18H,19H2,1-7H3,(H,35,38)/b34-18+.